The van der Waals surface area contributed by atoms with Crippen molar-refractivity contribution in [2.75, 3.05) is 20.6 Å². The summed E-state index contributed by atoms with van der Waals surface area (Å²) in [6.45, 7) is 2.44. The molecule has 0 spiro atoms. The molecule has 3 N–H and O–H groups in total. The summed E-state index contributed by atoms with van der Waals surface area (Å²) in [6.07, 6.45) is 0. The highest BCUT2D eigenvalue weighted by Crippen LogP contribution is 2.30. The minimum Gasteiger partial charge on any atom is -0.326 e. The van der Waals surface area contributed by atoms with Gasteiger partial charge in [-0.3, -0.25) is 0 Å². The van der Waals surface area contributed by atoms with Crippen molar-refractivity contribution >= 4 is 33.2 Å². The first kappa shape index (κ1) is 17.7. The molecule has 0 aliphatic rings. The largest absolute Gasteiger partial charge is 0.326 e. The Balaban J connectivity index is 3.10. The van der Waals surface area contributed by atoms with Crippen LogP contribution in [0.4, 0.5) is 0 Å². The summed E-state index contributed by atoms with van der Waals surface area (Å²) in [5.74, 6) is 0. The molecule has 1 unspecified atom stereocenters. The van der Waals surface area contributed by atoms with Crippen LogP contribution < -0.4 is 10.5 Å². The van der Waals surface area contributed by atoms with E-state index in [-0.39, 0.29) is 22.5 Å². The average Bonchev–Trinajstić information content (AvgIpc) is 2.26. The molecule has 0 aromatic heterocycles. The summed E-state index contributed by atoms with van der Waals surface area (Å²) < 4.78 is 27.2. The van der Waals surface area contributed by atoms with Crippen molar-refractivity contribution < 1.29 is 8.42 Å². The fourth-order valence-corrected chi connectivity index (χ4v) is 4.05. The number of halogens is 2. The van der Waals surface area contributed by atoms with Crippen LogP contribution in [0.3, 0.4) is 0 Å². The smallest absolute Gasteiger partial charge is 0.242 e. The summed E-state index contributed by atoms with van der Waals surface area (Å²) in [7, 11) is 0.0273. The van der Waals surface area contributed by atoms with E-state index in [2.05, 4.69) is 4.72 Å². The lowest BCUT2D eigenvalue weighted by Gasteiger charge is -2.19. The molecule has 1 atom stereocenters. The molecule has 0 bridgehead atoms. The van der Waals surface area contributed by atoms with E-state index in [1.807, 2.05) is 19.0 Å². The van der Waals surface area contributed by atoms with E-state index in [0.29, 0.717) is 17.1 Å². The van der Waals surface area contributed by atoms with Crippen LogP contribution in [-0.4, -0.2) is 40.0 Å². The van der Waals surface area contributed by atoms with Crippen LogP contribution in [0.25, 0.3) is 0 Å². The molecule has 0 saturated carbocycles. The molecule has 0 saturated heterocycles. The molecule has 0 heterocycles. The molecule has 0 amide bonds. The third kappa shape index (κ3) is 4.31. The lowest BCUT2D eigenvalue weighted by Crippen LogP contribution is -2.39. The van der Waals surface area contributed by atoms with E-state index < -0.39 is 10.0 Å². The Bertz CT molecular complexity index is 576. The van der Waals surface area contributed by atoms with Crippen LogP contribution in [0.5, 0.6) is 0 Å². The number of benzene rings is 1. The summed E-state index contributed by atoms with van der Waals surface area (Å²) in [4.78, 5) is 1.89. The minimum absolute atomic E-state index is 0.00498. The third-order valence-corrected chi connectivity index (χ3v) is 5.17. The fraction of sp³-hybridized carbons (Fsp3) is 0.500. The molecule has 20 heavy (non-hydrogen) atoms. The van der Waals surface area contributed by atoms with Crippen LogP contribution in [0.1, 0.15) is 12.5 Å². The SMILES string of the molecule is CC(CN(C)C)NS(=O)(=O)c1ccc(Cl)c(CN)c1Cl. The maximum atomic E-state index is 12.3. The first-order valence-electron chi connectivity index (χ1n) is 6.03. The van der Waals surface area contributed by atoms with Gasteiger partial charge in [0, 0.05) is 29.7 Å². The first-order valence-corrected chi connectivity index (χ1v) is 8.27. The molecule has 0 aliphatic heterocycles. The second kappa shape index (κ2) is 7.06. The van der Waals surface area contributed by atoms with Gasteiger partial charge in [0.2, 0.25) is 10.0 Å². The van der Waals surface area contributed by atoms with E-state index in [0.717, 1.165) is 0 Å². The van der Waals surface area contributed by atoms with Gasteiger partial charge in [0.25, 0.3) is 0 Å². The van der Waals surface area contributed by atoms with Crippen molar-refractivity contribution in [3.8, 4) is 0 Å². The Morgan fingerprint density at radius 1 is 1.35 bits per heavy atom. The van der Waals surface area contributed by atoms with Crippen molar-refractivity contribution in [2.45, 2.75) is 24.4 Å². The predicted molar refractivity (Wildman–Crippen MR) is 82.7 cm³/mol. The summed E-state index contributed by atoms with van der Waals surface area (Å²) in [5, 5.41) is 0.433. The number of nitrogens with one attached hydrogen (secondary N) is 1. The van der Waals surface area contributed by atoms with Gasteiger partial charge in [-0.05, 0) is 33.2 Å². The minimum atomic E-state index is -3.71. The van der Waals surface area contributed by atoms with Crippen molar-refractivity contribution in [2.24, 2.45) is 5.73 Å². The first-order chi connectivity index (χ1) is 9.19. The van der Waals surface area contributed by atoms with Crippen molar-refractivity contribution in [3.05, 3.63) is 27.7 Å². The highest BCUT2D eigenvalue weighted by atomic mass is 35.5. The third-order valence-electron chi connectivity index (χ3n) is 2.64. The zero-order chi connectivity index (χ0) is 15.5. The van der Waals surface area contributed by atoms with Crippen LogP contribution in [0.15, 0.2) is 17.0 Å². The summed E-state index contributed by atoms with van der Waals surface area (Å²) in [6, 6.07) is 2.62. The second-order valence-electron chi connectivity index (χ2n) is 4.83. The number of nitrogens with two attached hydrogens (primary N) is 1. The lowest BCUT2D eigenvalue weighted by molar-refractivity contribution is 0.370. The number of nitrogens with zero attached hydrogens (tertiary/aromatic N) is 1. The van der Waals surface area contributed by atoms with Crippen molar-refractivity contribution in [3.63, 3.8) is 0 Å². The van der Waals surface area contributed by atoms with Crippen LogP contribution in [-0.2, 0) is 16.6 Å². The molecule has 0 radical (unpaired) electrons. The number of rotatable bonds is 6. The maximum absolute atomic E-state index is 12.3. The molecule has 0 fully saturated rings. The van der Waals surface area contributed by atoms with Gasteiger partial charge >= 0.3 is 0 Å². The normalized spacial score (nSPS) is 13.8. The Kier molecular flexibility index (Phi) is 6.25. The Morgan fingerprint density at radius 2 is 1.95 bits per heavy atom. The van der Waals surface area contributed by atoms with Gasteiger partial charge in [-0.25, -0.2) is 13.1 Å². The molecule has 5 nitrogen and oxygen atoms in total. The number of likely N-dealkylation sites (N-methyl/N-ethyl adjacent to an activating group) is 1. The molecular weight excluding hydrogens is 321 g/mol. The second-order valence-corrected chi connectivity index (χ2v) is 7.29. The lowest BCUT2D eigenvalue weighted by atomic mass is 10.2. The van der Waals surface area contributed by atoms with E-state index in [1.165, 1.54) is 12.1 Å². The zero-order valence-corrected chi connectivity index (χ0v) is 14.0. The fourth-order valence-electron chi connectivity index (χ4n) is 1.88. The summed E-state index contributed by atoms with van der Waals surface area (Å²) >= 11 is 12.0. The predicted octanol–water partition coefficient (Wildman–Crippen LogP) is 1.68. The van der Waals surface area contributed by atoms with Gasteiger partial charge in [-0.15, -0.1) is 0 Å². The highest BCUT2D eigenvalue weighted by molar-refractivity contribution is 7.89. The monoisotopic (exact) mass is 339 g/mol. The molecule has 8 heteroatoms. The van der Waals surface area contributed by atoms with Gasteiger partial charge in [0.1, 0.15) is 4.90 Å². The van der Waals surface area contributed by atoms with E-state index >= 15 is 0 Å². The Hall–Kier alpha value is -0.370. The van der Waals surface area contributed by atoms with E-state index in [1.54, 1.807) is 6.92 Å². The van der Waals surface area contributed by atoms with Gasteiger partial charge in [-0.2, -0.15) is 0 Å². The van der Waals surface area contributed by atoms with Gasteiger partial charge in [0.15, 0.2) is 0 Å². The highest BCUT2D eigenvalue weighted by Gasteiger charge is 2.23. The van der Waals surface area contributed by atoms with Gasteiger partial charge in [0.05, 0.1) is 5.02 Å². The van der Waals surface area contributed by atoms with Crippen LogP contribution in [0, 0.1) is 0 Å². The Morgan fingerprint density at radius 3 is 2.45 bits per heavy atom. The van der Waals surface area contributed by atoms with E-state index in [9.17, 15) is 8.42 Å². The molecule has 1 aromatic carbocycles. The average molecular weight is 340 g/mol. The maximum Gasteiger partial charge on any atom is 0.242 e. The van der Waals surface area contributed by atoms with Crippen molar-refractivity contribution in [1.29, 1.82) is 0 Å². The molecular formula is C12H19Cl2N3O2S. The standard InChI is InChI=1S/C12H19Cl2N3O2S/c1-8(7-17(2)3)16-20(18,19)11-5-4-10(13)9(6-15)12(11)14/h4-5,8,16H,6-7,15H2,1-3H3. The molecule has 1 aromatic rings. The topological polar surface area (TPSA) is 75.4 Å². The van der Waals surface area contributed by atoms with Crippen molar-refractivity contribution in [1.82, 2.24) is 9.62 Å². The van der Waals surface area contributed by atoms with E-state index in [4.69, 9.17) is 28.9 Å². The Labute approximate surface area is 130 Å². The van der Waals surface area contributed by atoms with Crippen LogP contribution >= 0.6 is 23.2 Å². The quantitative estimate of drug-likeness (QED) is 0.826. The number of hydrogen-bond acceptors (Lipinski definition) is 4. The zero-order valence-electron chi connectivity index (χ0n) is 11.7. The molecule has 0 aliphatic carbocycles. The number of hydrogen-bond donors (Lipinski definition) is 2. The summed E-state index contributed by atoms with van der Waals surface area (Å²) in [5.41, 5.74) is 5.97. The molecule has 1 rings (SSSR count). The van der Waals surface area contributed by atoms with Crippen LogP contribution in [0.2, 0.25) is 10.0 Å². The number of sulfonamides is 1. The van der Waals surface area contributed by atoms with Gasteiger partial charge in [-0.1, -0.05) is 23.2 Å². The molecule has 114 valence electrons. The van der Waals surface area contributed by atoms with Gasteiger partial charge < -0.3 is 10.6 Å².